The van der Waals surface area contributed by atoms with Gasteiger partial charge in [0.25, 0.3) is 11.6 Å². The van der Waals surface area contributed by atoms with Gasteiger partial charge in [0.2, 0.25) is 0 Å². The van der Waals surface area contributed by atoms with Crippen molar-refractivity contribution in [1.82, 2.24) is 4.90 Å². The monoisotopic (exact) mass is 246 g/mol. The van der Waals surface area contributed by atoms with Gasteiger partial charge in [-0.15, -0.1) is 6.42 Å². The number of nitrogens with zero attached hydrogens (tertiary/aromatic N) is 2. The van der Waals surface area contributed by atoms with E-state index in [1.165, 1.54) is 17.0 Å². The zero-order valence-electron chi connectivity index (χ0n) is 10.3. The first-order valence-electron chi connectivity index (χ1n) is 5.49. The van der Waals surface area contributed by atoms with Gasteiger partial charge in [-0.2, -0.15) is 0 Å². The molecule has 18 heavy (non-hydrogen) atoms. The van der Waals surface area contributed by atoms with E-state index in [0.29, 0.717) is 17.7 Å². The Balaban J connectivity index is 3.15. The van der Waals surface area contributed by atoms with E-state index in [-0.39, 0.29) is 18.1 Å². The van der Waals surface area contributed by atoms with Crippen molar-refractivity contribution in [3.63, 3.8) is 0 Å². The molecule has 0 aliphatic heterocycles. The van der Waals surface area contributed by atoms with Crippen LogP contribution in [0.15, 0.2) is 18.2 Å². The second-order valence-corrected chi connectivity index (χ2v) is 3.78. The van der Waals surface area contributed by atoms with Crippen molar-refractivity contribution in [1.29, 1.82) is 0 Å². The Bertz CT molecular complexity index is 517. The Morgan fingerprint density at radius 3 is 2.72 bits per heavy atom. The van der Waals surface area contributed by atoms with Crippen molar-refractivity contribution in [2.24, 2.45) is 0 Å². The van der Waals surface area contributed by atoms with Crippen LogP contribution in [-0.2, 0) is 0 Å². The smallest absolute Gasteiger partial charge is 0.270 e. The average Bonchev–Trinajstić information content (AvgIpc) is 2.35. The van der Waals surface area contributed by atoms with Crippen LogP contribution in [0.25, 0.3) is 0 Å². The molecule has 0 bridgehead atoms. The lowest BCUT2D eigenvalue weighted by Gasteiger charge is -2.18. The summed E-state index contributed by atoms with van der Waals surface area (Å²) in [6, 6.07) is 4.23. The summed E-state index contributed by atoms with van der Waals surface area (Å²) in [7, 11) is 0. The van der Waals surface area contributed by atoms with Crippen molar-refractivity contribution >= 4 is 11.6 Å². The average molecular weight is 246 g/mol. The minimum absolute atomic E-state index is 0.0966. The third kappa shape index (κ3) is 2.86. The molecule has 0 aliphatic carbocycles. The van der Waals surface area contributed by atoms with Crippen LogP contribution in [0.5, 0.6) is 0 Å². The third-order valence-corrected chi connectivity index (χ3v) is 2.61. The molecule has 5 nitrogen and oxygen atoms in total. The normalized spacial score (nSPS) is 9.61. The molecule has 1 aromatic carbocycles. The van der Waals surface area contributed by atoms with Crippen molar-refractivity contribution in [3.05, 3.63) is 39.4 Å². The zero-order chi connectivity index (χ0) is 13.7. The SMILES string of the molecule is C#CCN(CC)C(=O)c1cc([N+](=O)[O-])ccc1C. The van der Waals surface area contributed by atoms with E-state index < -0.39 is 4.92 Å². The lowest BCUT2D eigenvalue weighted by molar-refractivity contribution is -0.384. The highest BCUT2D eigenvalue weighted by molar-refractivity contribution is 5.96. The molecule has 0 spiro atoms. The first-order chi connectivity index (χ1) is 8.51. The number of amides is 1. The minimum atomic E-state index is -0.520. The van der Waals surface area contributed by atoms with Crippen LogP contribution in [0.2, 0.25) is 0 Å². The zero-order valence-corrected chi connectivity index (χ0v) is 10.3. The summed E-state index contributed by atoms with van der Waals surface area (Å²) in [6.07, 6.45) is 5.18. The van der Waals surface area contributed by atoms with Gasteiger partial charge < -0.3 is 4.90 Å². The van der Waals surface area contributed by atoms with E-state index in [2.05, 4.69) is 5.92 Å². The molecule has 0 N–H and O–H groups in total. The molecule has 0 aromatic heterocycles. The van der Waals surface area contributed by atoms with Gasteiger partial charge in [-0.3, -0.25) is 14.9 Å². The van der Waals surface area contributed by atoms with Gasteiger partial charge in [0, 0.05) is 24.2 Å². The molecular weight excluding hydrogens is 232 g/mol. The van der Waals surface area contributed by atoms with Gasteiger partial charge in [-0.1, -0.05) is 12.0 Å². The van der Waals surface area contributed by atoms with Gasteiger partial charge in [0.1, 0.15) is 0 Å². The number of hydrogen-bond acceptors (Lipinski definition) is 3. The van der Waals surface area contributed by atoms with Crippen LogP contribution in [0.1, 0.15) is 22.8 Å². The van der Waals surface area contributed by atoms with E-state index in [9.17, 15) is 14.9 Å². The van der Waals surface area contributed by atoms with E-state index >= 15 is 0 Å². The number of terminal acetylenes is 1. The Hall–Kier alpha value is -2.35. The van der Waals surface area contributed by atoms with Crippen molar-refractivity contribution in [2.75, 3.05) is 13.1 Å². The molecule has 0 radical (unpaired) electrons. The fraction of sp³-hybridized carbons (Fsp3) is 0.308. The molecule has 0 unspecified atom stereocenters. The maximum absolute atomic E-state index is 12.2. The number of rotatable bonds is 4. The molecule has 1 rings (SSSR count). The molecule has 0 fully saturated rings. The maximum Gasteiger partial charge on any atom is 0.270 e. The molecule has 0 saturated heterocycles. The highest BCUT2D eigenvalue weighted by Gasteiger charge is 2.18. The number of carbonyl (C=O) groups is 1. The molecule has 1 amide bonds. The lowest BCUT2D eigenvalue weighted by Crippen LogP contribution is -2.31. The molecule has 0 heterocycles. The summed E-state index contributed by atoms with van der Waals surface area (Å²) in [6.45, 7) is 4.20. The fourth-order valence-corrected chi connectivity index (χ4v) is 1.56. The van der Waals surface area contributed by atoms with Crippen LogP contribution < -0.4 is 0 Å². The standard InChI is InChI=1S/C13H14N2O3/c1-4-8-14(5-2)13(16)12-9-11(15(17)18)7-6-10(12)3/h1,6-7,9H,5,8H2,2-3H3. The number of nitro benzene ring substituents is 1. The highest BCUT2D eigenvalue weighted by Crippen LogP contribution is 2.18. The number of nitro groups is 1. The summed E-state index contributed by atoms with van der Waals surface area (Å²) in [4.78, 5) is 23.8. The largest absolute Gasteiger partial charge is 0.328 e. The van der Waals surface area contributed by atoms with Gasteiger partial charge in [0.15, 0.2) is 0 Å². The Kier molecular flexibility index (Phi) is 4.44. The number of aryl methyl sites for hydroxylation is 1. The number of benzene rings is 1. The first-order valence-corrected chi connectivity index (χ1v) is 5.49. The van der Waals surface area contributed by atoms with Gasteiger partial charge in [0.05, 0.1) is 11.5 Å². The quantitative estimate of drug-likeness (QED) is 0.463. The van der Waals surface area contributed by atoms with Crippen LogP contribution in [0.3, 0.4) is 0 Å². The van der Waals surface area contributed by atoms with E-state index in [1.54, 1.807) is 13.0 Å². The van der Waals surface area contributed by atoms with Crippen LogP contribution >= 0.6 is 0 Å². The third-order valence-electron chi connectivity index (χ3n) is 2.61. The van der Waals surface area contributed by atoms with Gasteiger partial charge >= 0.3 is 0 Å². The molecule has 0 atom stereocenters. The highest BCUT2D eigenvalue weighted by atomic mass is 16.6. The topological polar surface area (TPSA) is 63.5 Å². The molecule has 94 valence electrons. The van der Waals surface area contributed by atoms with E-state index in [4.69, 9.17) is 6.42 Å². The summed E-state index contributed by atoms with van der Waals surface area (Å²) >= 11 is 0. The minimum Gasteiger partial charge on any atom is -0.328 e. The number of carbonyl (C=O) groups excluding carboxylic acids is 1. The van der Waals surface area contributed by atoms with Gasteiger partial charge in [-0.05, 0) is 19.4 Å². The van der Waals surface area contributed by atoms with Crippen LogP contribution in [-0.4, -0.2) is 28.8 Å². The Labute approximate surface area is 106 Å². The molecular formula is C13H14N2O3. The first kappa shape index (κ1) is 13.7. The van der Waals surface area contributed by atoms with Crippen molar-refractivity contribution < 1.29 is 9.72 Å². The fourth-order valence-electron chi connectivity index (χ4n) is 1.56. The molecule has 1 aromatic rings. The molecule has 0 aliphatic rings. The second-order valence-electron chi connectivity index (χ2n) is 3.78. The summed E-state index contributed by atoms with van der Waals surface area (Å²) in [5.41, 5.74) is 0.920. The Morgan fingerprint density at radius 2 is 2.22 bits per heavy atom. The summed E-state index contributed by atoms with van der Waals surface area (Å²) in [5, 5.41) is 10.7. The maximum atomic E-state index is 12.2. The van der Waals surface area contributed by atoms with Gasteiger partial charge in [-0.25, -0.2) is 0 Å². The predicted molar refractivity (Wildman–Crippen MR) is 68.2 cm³/mol. The number of hydrogen-bond donors (Lipinski definition) is 0. The van der Waals surface area contributed by atoms with Crippen LogP contribution in [0.4, 0.5) is 5.69 Å². The van der Waals surface area contributed by atoms with Crippen molar-refractivity contribution in [3.8, 4) is 12.3 Å². The van der Waals surface area contributed by atoms with E-state index in [1.807, 2.05) is 6.92 Å². The molecule has 5 heteroatoms. The second kappa shape index (κ2) is 5.82. The summed E-state index contributed by atoms with van der Waals surface area (Å²) in [5.74, 6) is 2.12. The lowest BCUT2D eigenvalue weighted by atomic mass is 10.1. The van der Waals surface area contributed by atoms with E-state index in [0.717, 1.165) is 0 Å². The predicted octanol–water partition coefficient (Wildman–Crippen LogP) is 2.00. The number of non-ortho nitro benzene ring substituents is 1. The van der Waals surface area contributed by atoms with Crippen LogP contribution in [0, 0.1) is 29.4 Å². The summed E-state index contributed by atoms with van der Waals surface area (Å²) < 4.78 is 0. The molecule has 0 saturated carbocycles. The van der Waals surface area contributed by atoms with Crippen molar-refractivity contribution in [2.45, 2.75) is 13.8 Å². The Morgan fingerprint density at radius 1 is 1.56 bits per heavy atom.